The molecule has 0 aromatic carbocycles. The van der Waals surface area contributed by atoms with E-state index in [2.05, 4.69) is 36.2 Å². The lowest BCUT2D eigenvalue weighted by Crippen LogP contribution is -2.45. The van der Waals surface area contributed by atoms with E-state index in [-0.39, 0.29) is 0 Å². The van der Waals surface area contributed by atoms with Crippen molar-refractivity contribution >= 4 is 0 Å². The monoisotopic (exact) mass is 236 g/mol. The highest BCUT2D eigenvalue weighted by Gasteiger charge is 2.35. The van der Waals surface area contributed by atoms with Gasteiger partial charge in [0.15, 0.2) is 0 Å². The minimum atomic E-state index is 0.459. The predicted molar refractivity (Wildman–Crippen MR) is 68.7 cm³/mol. The molecule has 4 atom stereocenters. The first-order chi connectivity index (χ1) is 8.22. The molecule has 0 amide bonds. The van der Waals surface area contributed by atoms with Crippen LogP contribution in [-0.2, 0) is 0 Å². The fourth-order valence-electron chi connectivity index (χ4n) is 3.19. The Morgan fingerprint density at radius 3 is 2.82 bits per heavy atom. The van der Waals surface area contributed by atoms with E-state index in [9.17, 15) is 0 Å². The Labute approximate surface area is 104 Å². The minimum absolute atomic E-state index is 0.459. The van der Waals surface area contributed by atoms with E-state index in [0.29, 0.717) is 18.0 Å². The zero-order chi connectivity index (χ0) is 12.3. The lowest BCUT2D eigenvalue weighted by Gasteiger charge is -2.40. The van der Waals surface area contributed by atoms with Gasteiger partial charge in [-0.15, -0.1) is 0 Å². The Bertz CT molecular complexity index is 322. The average Bonchev–Trinajstić information content (AvgIpc) is 2.78. The molecule has 1 aromatic heterocycles. The molecule has 17 heavy (non-hydrogen) atoms. The zero-order valence-electron chi connectivity index (χ0n) is 11.1. The van der Waals surface area contributed by atoms with E-state index in [0.717, 1.165) is 12.5 Å². The van der Waals surface area contributed by atoms with Gasteiger partial charge >= 0.3 is 0 Å². The van der Waals surface area contributed by atoms with Crippen molar-refractivity contribution in [2.45, 2.75) is 52.1 Å². The molecule has 1 saturated carbocycles. The summed E-state index contributed by atoms with van der Waals surface area (Å²) in [5, 5.41) is 8.02. The summed E-state index contributed by atoms with van der Waals surface area (Å²) < 4.78 is 2.05. The van der Waals surface area contributed by atoms with Gasteiger partial charge in [-0.3, -0.25) is 0 Å². The summed E-state index contributed by atoms with van der Waals surface area (Å²) in [5.74, 6) is 1.47. The van der Waals surface area contributed by atoms with Gasteiger partial charge in [-0.2, -0.15) is 5.10 Å². The van der Waals surface area contributed by atoms with Crippen LogP contribution in [0.2, 0.25) is 0 Å². The van der Waals surface area contributed by atoms with Crippen molar-refractivity contribution in [1.82, 2.24) is 20.1 Å². The number of hydrogen-bond acceptors (Lipinski definition) is 3. The van der Waals surface area contributed by atoms with Crippen LogP contribution < -0.4 is 5.32 Å². The van der Waals surface area contributed by atoms with Crippen LogP contribution in [0.3, 0.4) is 0 Å². The van der Waals surface area contributed by atoms with Crippen molar-refractivity contribution in [3.05, 3.63) is 12.7 Å². The predicted octanol–water partition coefficient (Wildman–Crippen LogP) is 2.25. The van der Waals surface area contributed by atoms with E-state index in [1.165, 1.54) is 19.3 Å². The van der Waals surface area contributed by atoms with Crippen molar-refractivity contribution in [3.63, 3.8) is 0 Å². The smallest absolute Gasteiger partial charge is 0.137 e. The van der Waals surface area contributed by atoms with Gasteiger partial charge in [0.2, 0.25) is 0 Å². The van der Waals surface area contributed by atoms with Gasteiger partial charge in [0.1, 0.15) is 12.7 Å². The van der Waals surface area contributed by atoms with Crippen molar-refractivity contribution in [2.75, 3.05) is 6.54 Å². The molecule has 4 heteroatoms. The quantitative estimate of drug-likeness (QED) is 0.872. The van der Waals surface area contributed by atoms with Gasteiger partial charge in [0.25, 0.3) is 0 Å². The second-order valence-electron chi connectivity index (χ2n) is 5.48. The molecule has 0 spiro atoms. The molecular weight excluding hydrogens is 212 g/mol. The van der Waals surface area contributed by atoms with Crippen LogP contribution in [0.1, 0.15) is 46.1 Å². The normalized spacial score (nSPS) is 33.8. The van der Waals surface area contributed by atoms with Crippen molar-refractivity contribution in [1.29, 1.82) is 0 Å². The topological polar surface area (TPSA) is 42.7 Å². The highest BCUT2D eigenvalue weighted by molar-refractivity contribution is 4.91. The molecule has 1 aliphatic carbocycles. The molecule has 1 fully saturated rings. The number of nitrogens with one attached hydrogen (secondary N) is 1. The summed E-state index contributed by atoms with van der Waals surface area (Å²) in [4.78, 5) is 4.09. The number of nitrogens with zero attached hydrogens (tertiary/aromatic N) is 3. The average molecular weight is 236 g/mol. The second kappa shape index (κ2) is 5.63. The molecule has 1 aliphatic rings. The summed E-state index contributed by atoms with van der Waals surface area (Å²) in [6.45, 7) is 8.00. The SMILES string of the molecule is CCCNC1CC(C)CC(C)C1n1cncn1. The van der Waals surface area contributed by atoms with Crippen LogP contribution in [0.15, 0.2) is 12.7 Å². The molecular formula is C13H24N4. The molecule has 1 N–H and O–H groups in total. The van der Waals surface area contributed by atoms with Crippen molar-refractivity contribution in [3.8, 4) is 0 Å². The van der Waals surface area contributed by atoms with Gasteiger partial charge in [-0.05, 0) is 37.6 Å². The Kier molecular flexibility index (Phi) is 4.15. The molecule has 0 bridgehead atoms. The molecule has 0 aliphatic heterocycles. The second-order valence-corrected chi connectivity index (χ2v) is 5.48. The van der Waals surface area contributed by atoms with Crippen LogP contribution >= 0.6 is 0 Å². The molecule has 4 nitrogen and oxygen atoms in total. The summed E-state index contributed by atoms with van der Waals surface area (Å²) in [6, 6.07) is 0.996. The molecule has 0 saturated heterocycles. The summed E-state index contributed by atoms with van der Waals surface area (Å²) in [6.07, 6.45) is 7.21. The number of rotatable bonds is 4. The maximum absolute atomic E-state index is 4.34. The van der Waals surface area contributed by atoms with Gasteiger partial charge in [-0.25, -0.2) is 9.67 Å². The third kappa shape index (κ3) is 2.86. The standard InChI is InChI=1S/C13H24N4/c1-4-5-15-12-7-10(2)6-11(3)13(12)17-9-14-8-16-17/h8-13,15H,4-7H2,1-3H3. The van der Waals surface area contributed by atoms with E-state index >= 15 is 0 Å². The Balaban J connectivity index is 2.12. The lowest BCUT2D eigenvalue weighted by atomic mass is 9.76. The third-order valence-electron chi connectivity index (χ3n) is 3.82. The third-order valence-corrected chi connectivity index (χ3v) is 3.82. The fraction of sp³-hybridized carbons (Fsp3) is 0.846. The van der Waals surface area contributed by atoms with Gasteiger partial charge in [-0.1, -0.05) is 20.8 Å². The molecule has 0 radical (unpaired) electrons. The number of aromatic nitrogens is 3. The van der Waals surface area contributed by atoms with Gasteiger partial charge in [0.05, 0.1) is 6.04 Å². The Morgan fingerprint density at radius 2 is 2.18 bits per heavy atom. The number of hydrogen-bond donors (Lipinski definition) is 1. The van der Waals surface area contributed by atoms with E-state index in [1.54, 1.807) is 6.33 Å². The molecule has 2 rings (SSSR count). The maximum Gasteiger partial charge on any atom is 0.137 e. The van der Waals surface area contributed by atoms with Gasteiger partial charge in [0, 0.05) is 6.04 Å². The Hall–Kier alpha value is -0.900. The largest absolute Gasteiger partial charge is 0.312 e. The van der Waals surface area contributed by atoms with Crippen LogP contribution in [0, 0.1) is 11.8 Å². The first kappa shape index (κ1) is 12.6. The molecule has 96 valence electrons. The highest BCUT2D eigenvalue weighted by atomic mass is 15.3. The van der Waals surface area contributed by atoms with Crippen LogP contribution in [0.4, 0.5) is 0 Å². The minimum Gasteiger partial charge on any atom is -0.312 e. The van der Waals surface area contributed by atoms with E-state index < -0.39 is 0 Å². The van der Waals surface area contributed by atoms with E-state index in [1.807, 2.05) is 11.0 Å². The summed E-state index contributed by atoms with van der Waals surface area (Å²) in [7, 11) is 0. The van der Waals surface area contributed by atoms with Crippen molar-refractivity contribution in [2.24, 2.45) is 11.8 Å². The van der Waals surface area contributed by atoms with Crippen LogP contribution in [0.5, 0.6) is 0 Å². The maximum atomic E-state index is 4.34. The molecule has 1 aromatic rings. The lowest BCUT2D eigenvalue weighted by molar-refractivity contribution is 0.143. The first-order valence-electron chi connectivity index (χ1n) is 6.79. The molecule has 4 unspecified atom stereocenters. The first-order valence-corrected chi connectivity index (χ1v) is 6.79. The van der Waals surface area contributed by atoms with Gasteiger partial charge < -0.3 is 5.32 Å². The zero-order valence-corrected chi connectivity index (χ0v) is 11.1. The summed E-state index contributed by atoms with van der Waals surface area (Å²) >= 11 is 0. The molecule has 1 heterocycles. The highest BCUT2D eigenvalue weighted by Crippen LogP contribution is 2.36. The van der Waals surface area contributed by atoms with E-state index in [4.69, 9.17) is 0 Å². The van der Waals surface area contributed by atoms with Crippen LogP contribution in [0.25, 0.3) is 0 Å². The van der Waals surface area contributed by atoms with Crippen molar-refractivity contribution < 1.29 is 0 Å². The fourth-order valence-corrected chi connectivity index (χ4v) is 3.19. The Morgan fingerprint density at radius 1 is 1.35 bits per heavy atom. The van der Waals surface area contributed by atoms with Crippen LogP contribution in [-0.4, -0.2) is 27.4 Å². The summed E-state index contributed by atoms with van der Waals surface area (Å²) in [5.41, 5.74) is 0.